The fourth-order valence-corrected chi connectivity index (χ4v) is 4.02. The van der Waals surface area contributed by atoms with Crippen molar-refractivity contribution < 1.29 is 28.2 Å². The van der Waals surface area contributed by atoms with E-state index in [0.29, 0.717) is 16.9 Å². The topological polar surface area (TPSA) is 85.8 Å². The van der Waals surface area contributed by atoms with Gasteiger partial charge in [0.1, 0.15) is 11.7 Å². The normalized spacial score (nSPS) is 17.8. The van der Waals surface area contributed by atoms with E-state index < -0.39 is 35.3 Å². The highest BCUT2D eigenvalue weighted by Gasteiger charge is 2.51. The van der Waals surface area contributed by atoms with Crippen molar-refractivity contribution in [1.82, 2.24) is 9.88 Å². The SMILES string of the molecule is COc1ccc(C2C(C(=O)c3ccc(OC)c(F)c3)C(=O)C(=O)N2Cc2cccnc2)cc1. The van der Waals surface area contributed by atoms with Crippen molar-refractivity contribution in [2.75, 3.05) is 14.2 Å². The Labute approximate surface area is 189 Å². The zero-order valence-electron chi connectivity index (χ0n) is 18.0. The maximum atomic E-state index is 14.3. The van der Waals surface area contributed by atoms with E-state index in [-0.39, 0.29) is 17.9 Å². The number of halogens is 1. The summed E-state index contributed by atoms with van der Waals surface area (Å²) in [6.07, 6.45) is 3.20. The summed E-state index contributed by atoms with van der Waals surface area (Å²) >= 11 is 0. The summed E-state index contributed by atoms with van der Waals surface area (Å²) in [4.78, 5) is 44.9. The number of pyridine rings is 1. The molecule has 2 aromatic carbocycles. The molecular weight excluding hydrogens is 427 g/mol. The van der Waals surface area contributed by atoms with Crippen LogP contribution in [0.25, 0.3) is 0 Å². The molecule has 33 heavy (non-hydrogen) atoms. The standard InChI is InChI=1S/C25H21FN2O5/c1-32-18-8-5-16(6-9-18)22-21(23(29)17-7-10-20(33-2)19(26)12-17)24(30)25(31)28(22)14-15-4-3-11-27-13-15/h3-13,21-22H,14H2,1-2H3. The largest absolute Gasteiger partial charge is 0.497 e. The molecule has 1 saturated heterocycles. The van der Waals surface area contributed by atoms with Gasteiger partial charge in [0.15, 0.2) is 17.3 Å². The van der Waals surface area contributed by atoms with Crippen LogP contribution in [0.1, 0.15) is 27.5 Å². The summed E-state index contributed by atoms with van der Waals surface area (Å²) in [7, 11) is 2.84. The number of carbonyl (C=O) groups excluding carboxylic acids is 3. The molecular formula is C25H21FN2O5. The van der Waals surface area contributed by atoms with Crippen molar-refractivity contribution in [3.8, 4) is 11.5 Å². The number of ether oxygens (including phenoxy) is 2. The lowest BCUT2D eigenvalue weighted by atomic mass is 9.86. The number of Topliss-reactive ketones (excluding diaryl/α,β-unsaturated/α-hetero) is 2. The molecule has 1 aromatic heterocycles. The lowest BCUT2D eigenvalue weighted by Gasteiger charge is -2.27. The summed E-state index contributed by atoms with van der Waals surface area (Å²) in [5.74, 6) is -3.72. The summed E-state index contributed by atoms with van der Waals surface area (Å²) in [6.45, 7) is 0.0931. The predicted molar refractivity (Wildman–Crippen MR) is 116 cm³/mol. The Hall–Kier alpha value is -4.07. The molecule has 2 heterocycles. The fourth-order valence-electron chi connectivity index (χ4n) is 4.02. The van der Waals surface area contributed by atoms with Gasteiger partial charge in [0.25, 0.3) is 5.91 Å². The Kier molecular flexibility index (Phi) is 6.17. The van der Waals surface area contributed by atoms with Crippen LogP contribution in [-0.4, -0.2) is 41.6 Å². The number of hydrogen-bond donors (Lipinski definition) is 0. The van der Waals surface area contributed by atoms with E-state index in [9.17, 15) is 18.8 Å². The summed E-state index contributed by atoms with van der Waals surface area (Å²) in [5.41, 5.74) is 1.29. The number of hydrogen-bond acceptors (Lipinski definition) is 6. The van der Waals surface area contributed by atoms with E-state index in [2.05, 4.69) is 4.98 Å². The van der Waals surface area contributed by atoms with E-state index in [1.54, 1.807) is 48.8 Å². The average Bonchev–Trinajstić information content (AvgIpc) is 3.09. The Bertz CT molecular complexity index is 1200. The minimum atomic E-state index is -1.32. The summed E-state index contributed by atoms with van der Waals surface area (Å²) < 4.78 is 24.4. The lowest BCUT2D eigenvalue weighted by Crippen LogP contribution is -2.30. The van der Waals surface area contributed by atoms with Gasteiger partial charge in [-0.2, -0.15) is 0 Å². The molecule has 1 fully saturated rings. The van der Waals surface area contributed by atoms with Crippen molar-refractivity contribution in [3.05, 3.63) is 89.5 Å². The predicted octanol–water partition coefficient (Wildman–Crippen LogP) is 3.39. The van der Waals surface area contributed by atoms with Crippen molar-refractivity contribution in [2.45, 2.75) is 12.6 Å². The average molecular weight is 448 g/mol. The van der Waals surface area contributed by atoms with Crippen LogP contribution in [0.3, 0.4) is 0 Å². The molecule has 0 saturated carbocycles. The van der Waals surface area contributed by atoms with Crippen molar-refractivity contribution in [2.24, 2.45) is 5.92 Å². The number of methoxy groups -OCH3 is 2. The molecule has 1 aliphatic rings. The van der Waals surface area contributed by atoms with Crippen LogP contribution < -0.4 is 9.47 Å². The number of ketones is 2. The third kappa shape index (κ3) is 4.19. The van der Waals surface area contributed by atoms with Crippen LogP contribution in [0, 0.1) is 11.7 Å². The van der Waals surface area contributed by atoms with Gasteiger partial charge < -0.3 is 14.4 Å². The highest BCUT2D eigenvalue weighted by Crippen LogP contribution is 2.40. The number of likely N-dealkylation sites (tertiary alicyclic amines) is 1. The molecule has 0 N–H and O–H groups in total. The number of aromatic nitrogens is 1. The first kappa shape index (κ1) is 22.1. The van der Waals surface area contributed by atoms with Gasteiger partial charge in [-0.05, 0) is 47.5 Å². The Morgan fingerprint density at radius 2 is 1.82 bits per heavy atom. The minimum absolute atomic E-state index is 0.0128. The molecule has 3 aromatic rings. The van der Waals surface area contributed by atoms with Crippen molar-refractivity contribution >= 4 is 17.5 Å². The fraction of sp³-hybridized carbons (Fsp3) is 0.200. The van der Waals surface area contributed by atoms with E-state index >= 15 is 0 Å². The van der Waals surface area contributed by atoms with Gasteiger partial charge in [-0.15, -0.1) is 0 Å². The molecule has 8 heteroatoms. The highest BCUT2D eigenvalue weighted by atomic mass is 19.1. The third-order valence-corrected chi connectivity index (χ3v) is 5.66. The van der Waals surface area contributed by atoms with Gasteiger partial charge in [0.2, 0.25) is 5.78 Å². The molecule has 168 valence electrons. The third-order valence-electron chi connectivity index (χ3n) is 5.66. The number of rotatable bonds is 7. The van der Waals surface area contributed by atoms with Crippen LogP contribution in [0.5, 0.6) is 11.5 Å². The van der Waals surface area contributed by atoms with Crippen LogP contribution in [0.15, 0.2) is 67.0 Å². The molecule has 2 atom stereocenters. The molecule has 1 amide bonds. The van der Waals surface area contributed by atoms with Crippen molar-refractivity contribution in [3.63, 3.8) is 0 Å². The first-order valence-electron chi connectivity index (χ1n) is 10.2. The lowest BCUT2D eigenvalue weighted by molar-refractivity contribution is -0.141. The van der Waals surface area contributed by atoms with Gasteiger partial charge in [0.05, 0.1) is 20.3 Å². The maximum Gasteiger partial charge on any atom is 0.291 e. The van der Waals surface area contributed by atoms with Crippen LogP contribution >= 0.6 is 0 Å². The number of benzene rings is 2. The number of carbonyl (C=O) groups is 3. The molecule has 2 unspecified atom stereocenters. The number of nitrogens with zero attached hydrogens (tertiary/aromatic N) is 2. The molecule has 0 bridgehead atoms. The van der Waals surface area contributed by atoms with E-state index in [0.717, 1.165) is 6.07 Å². The Balaban J connectivity index is 1.77. The Morgan fingerprint density at radius 1 is 1.06 bits per heavy atom. The van der Waals surface area contributed by atoms with Gasteiger partial charge >= 0.3 is 0 Å². The van der Waals surface area contributed by atoms with Crippen molar-refractivity contribution in [1.29, 1.82) is 0 Å². The first-order valence-corrected chi connectivity index (χ1v) is 10.2. The second-order valence-electron chi connectivity index (χ2n) is 7.57. The molecule has 0 radical (unpaired) electrons. The quantitative estimate of drug-likeness (QED) is 0.313. The van der Waals surface area contributed by atoms with E-state index in [4.69, 9.17) is 9.47 Å². The van der Waals surface area contributed by atoms with E-state index in [1.807, 2.05) is 0 Å². The molecule has 0 spiro atoms. The smallest absolute Gasteiger partial charge is 0.291 e. The molecule has 0 aliphatic carbocycles. The van der Waals surface area contributed by atoms with Gasteiger partial charge in [-0.3, -0.25) is 19.4 Å². The van der Waals surface area contributed by atoms with Gasteiger partial charge in [-0.25, -0.2) is 4.39 Å². The number of amides is 1. The zero-order chi connectivity index (χ0) is 23.5. The minimum Gasteiger partial charge on any atom is -0.497 e. The monoisotopic (exact) mass is 448 g/mol. The van der Waals surface area contributed by atoms with Gasteiger partial charge in [0, 0.05) is 24.5 Å². The maximum absolute atomic E-state index is 14.3. The second kappa shape index (κ2) is 9.20. The highest BCUT2D eigenvalue weighted by molar-refractivity contribution is 6.44. The second-order valence-corrected chi connectivity index (χ2v) is 7.57. The summed E-state index contributed by atoms with van der Waals surface area (Å²) in [6, 6.07) is 13.2. The zero-order valence-corrected chi connectivity index (χ0v) is 18.0. The summed E-state index contributed by atoms with van der Waals surface area (Å²) in [5, 5.41) is 0. The van der Waals surface area contributed by atoms with Crippen LogP contribution in [0.2, 0.25) is 0 Å². The first-order chi connectivity index (χ1) is 15.9. The van der Waals surface area contributed by atoms with Gasteiger partial charge in [-0.1, -0.05) is 18.2 Å². The Morgan fingerprint density at radius 3 is 2.42 bits per heavy atom. The molecule has 1 aliphatic heterocycles. The van der Waals surface area contributed by atoms with E-state index in [1.165, 1.54) is 31.3 Å². The molecule has 7 nitrogen and oxygen atoms in total. The van der Waals surface area contributed by atoms with Crippen LogP contribution in [-0.2, 0) is 16.1 Å². The molecule has 4 rings (SSSR count). The van der Waals surface area contributed by atoms with Crippen LogP contribution in [0.4, 0.5) is 4.39 Å².